The number of nitrogens with zero attached hydrogens (tertiary/aromatic N) is 1. The Morgan fingerprint density at radius 1 is 1.40 bits per heavy atom. The summed E-state index contributed by atoms with van der Waals surface area (Å²) in [6.07, 6.45) is 3.43. The minimum atomic E-state index is -0.418. The summed E-state index contributed by atoms with van der Waals surface area (Å²) in [5, 5.41) is 12.0. The van der Waals surface area contributed by atoms with Crippen LogP contribution in [0.3, 0.4) is 0 Å². The third-order valence-electron chi connectivity index (χ3n) is 3.90. The Bertz CT molecular complexity index is 829. The molecule has 1 atom stereocenters. The largest absolute Gasteiger partial charge is 0.457 e. The lowest BCUT2D eigenvalue weighted by molar-refractivity contribution is -0.117. The zero-order valence-corrected chi connectivity index (χ0v) is 15.1. The minimum Gasteiger partial charge on any atom is -0.457 e. The van der Waals surface area contributed by atoms with Crippen molar-refractivity contribution in [2.75, 3.05) is 13.2 Å². The molecule has 0 spiro atoms. The lowest BCUT2D eigenvalue weighted by Gasteiger charge is -2.09. The van der Waals surface area contributed by atoms with Gasteiger partial charge in [0.2, 0.25) is 0 Å². The number of ether oxygens (including phenoxy) is 1. The molecule has 1 N–H and O–H groups in total. The fourth-order valence-corrected chi connectivity index (χ4v) is 3.02. The van der Waals surface area contributed by atoms with E-state index >= 15 is 0 Å². The fourth-order valence-electron chi connectivity index (χ4n) is 2.63. The molecule has 1 fully saturated rings. The summed E-state index contributed by atoms with van der Waals surface area (Å²) in [6.45, 7) is 1.14. The Balaban J connectivity index is 1.69. The van der Waals surface area contributed by atoms with Crippen LogP contribution in [-0.2, 0) is 9.53 Å². The Morgan fingerprint density at radius 3 is 3.00 bits per heavy atom. The van der Waals surface area contributed by atoms with Gasteiger partial charge in [0.05, 0.1) is 6.10 Å². The SMILES string of the molecule is N#CC(=Cc1ccc(-c2cccc(Br)c2)o1)C(=O)NCC1CCCO1. The van der Waals surface area contributed by atoms with E-state index in [1.165, 1.54) is 6.08 Å². The molecule has 1 amide bonds. The monoisotopic (exact) mass is 400 g/mol. The number of rotatable bonds is 5. The molecule has 25 heavy (non-hydrogen) atoms. The average molecular weight is 401 g/mol. The van der Waals surface area contributed by atoms with E-state index in [0.717, 1.165) is 29.5 Å². The highest BCUT2D eigenvalue weighted by Crippen LogP contribution is 2.25. The standard InChI is InChI=1S/C19H17BrN2O3/c20-15-4-1-3-13(9-15)18-7-6-16(25-18)10-14(11-21)19(23)22-12-17-5-2-8-24-17/h1,3-4,6-7,9-10,17H,2,5,8,12H2,(H,22,23). The fraction of sp³-hybridized carbons (Fsp3) is 0.263. The van der Waals surface area contributed by atoms with Crippen LogP contribution in [0.4, 0.5) is 0 Å². The second kappa shape index (κ2) is 8.15. The van der Waals surface area contributed by atoms with Gasteiger partial charge in [0.1, 0.15) is 23.2 Å². The molecule has 0 saturated carbocycles. The van der Waals surface area contributed by atoms with Crippen LogP contribution >= 0.6 is 15.9 Å². The number of carbonyl (C=O) groups is 1. The summed E-state index contributed by atoms with van der Waals surface area (Å²) in [5.41, 5.74) is 0.920. The van der Waals surface area contributed by atoms with Crippen LogP contribution in [0.1, 0.15) is 18.6 Å². The highest BCUT2D eigenvalue weighted by Gasteiger charge is 2.18. The van der Waals surface area contributed by atoms with Crippen LogP contribution in [0.25, 0.3) is 17.4 Å². The molecule has 1 aliphatic rings. The lowest BCUT2D eigenvalue weighted by atomic mass is 10.2. The molecule has 1 aromatic heterocycles. The van der Waals surface area contributed by atoms with E-state index in [0.29, 0.717) is 18.1 Å². The van der Waals surface area contributed by atoms with E-state index in [4.69, 9.17) is 9.15 Å². The Kier molecular flexibility index (Phi) is 5.69. The molecule has 1 aromatic carbocycles. The predicted molar refractivity (Wildman–Crippen MR) is 97.4 cm³/mol. The molecule has 6 heteroatoms. The van der Waals surface area contributed by atoms with Crippen molar-refractivity contribution in [2.24, 2.45) is 0 Å². The maximum Gasteiger partial charge on any atom is 0.262 e. The Hall–Kier alpha value is -2.36. The summed E-state index contributed by atoms with van der Waals surface area (Å²) in [6, 6.07) is 13.2. The molecule has 5 nitrogen and oxygen atoms in total. The highest BCUT2D eigenvalue weighted by atomic mass is 79.9. The number of halogens is 1. The maximum atomic E-state index is 12.2. The third-order valence-corrected chi connectivity index (χ3v) is 4.40. The zero-order valence-electron chi connectivity index (χ0n) is 13.5. The molecule has 2 heterocycles. The van der Waals surface area contributed by atoms with Crippen LogP contribution in [-0.4, -0.2) is 25.2 Å². The first-order valence-electron chi connectivity index (χ1n) is 8.03. The number of furan rings is 1. The van der Waals surface area contributed by atoms with Gasteiger partial charge in [-0.25, -0.2) is 0 Å². The van der Waals surface area contributed by atoms with Gasteiger partial charge in [-0.05, 0) is 37.1 Å². The van der Waals surface area contributed by atoms with Crippen LogP contribution in [0, 0.1) is 11.3 Å². The van der Waals surface area contributed by atoms with E-state index in [9.17, 15) is 10.1 Å². The topological polar surface area (TPSA) is 75.3 Å². The van der Waals surface area contributed by atoms with Gasteiger partial charge in [0.15, 0.2) is 0 Å². The Labute approximate surface area is 154 Å². The molecular weight excluding hydrogens is 384 g/mol. The highest BCUT2D eigenvalue weighted by molar-refractivity contribution is 9.10. The van der Waals surface area contributed by atoms with Gasteiger partial charge >= 0.3 is 0 Å². The predicted octanol–water partition coefficient (Wildman–Crippen LogP) is 3.91. The summed E-state index contributed by atoms with van der Waals surface area (Å²) < 4.78 is 12.1. The van der Waals surface area contributed by atoms with Crippen LogP contribution < -0.4 is 5.32 Å². The van der Waals surface area contributed by atoms with Crippen LogP contribution in [0.2, 0.25) is 0 Å². The van der Waals surface area contributed by atoms with Gasteiger partial charge in [-0.2, -0.15) is 5.26 Å². The molecule has 0 bridgehead atoms. The van der Waals surface area contributed by atoms with E-state index in [1.807, 2.05) is 36.4 Å². The van der Waals surface area contributed by atoms with Crippen molar-refractivity contribution in [3.63, 3.8) is 0 Å². The van der Waals surface area contributed by atoms with Crippen LogP contribution in [0.15, 0.2) is 50.9 Å². The number of nitriles is 1. The lowest BCUT2D eigenvalue weighted by Crippen LogP contribution is -2.32. The first-order valence-corrected chi connectivity index (χ1v) is 8.82. The second-order valence-electron chi connectivity index (χ2n) is 5.73. The van der Waals surface area contributed by atoms with Crippen molar-refractivity contribution < 1.29 is 13.9 Å². The number of amides is 1. The van der Waals surface area contributed by atoms with Crippen molar-refractivity contribution in [2.45, 2.75) is 18.9 Å². The van der Waals surface area contributed by atoms with E-state index < -0.39 is 5.91 Å². The normalized spacial score (nSPS) is 17.3. The summed E-state index contributed by atoms with van der Waals surface area (Å²) in [5.74, 6) is 0.710. The molecule has 2 aromatic rings. The molecule has 0 aliphatic carbocycles. The van der Waals surface area contributed by atoms with Gasteiger partial charge in [-0.15, -0.1) is 0 Å². The molecule has 128 valence electrons. The van der Waals surface area contributed by atoms with Crippen molar-refractivity contribution in [1.82, 2.24) is 5.32 Å². The van der Waals surface area contributed by atoms with E-state index in [1.54, 1.807) is 6.07 Å². The number of hydrogen-bond acceptors (Lipinski definition) is 4. The van der Waals surface area contributed by atoms with E-state index in [2.05, 4.69) is 21.2 Å². The first kappa shape index (κ1) is 17.5. The molecular formula is C19H17BrN2O3. The van der Waals surface area contributed by atoms with Gasteiger partial charge < -0.3 is 14.5 Å². The van der Waals surface area contributed by atoms with Gasteiger partial charge in [0, 0.05) is 29.3 Å². The number of carbonyl (C=O) groups excluding carboxylic acids is 1. The van der Waals surface area contributed by atoms with Crippen molar-refractivity contribution in [3.8, 4) is 17.4 Å². The molecule has 0 radical (unpaired) electrons. The third kappa shape index (κ3) is 4.59. The smallest absolute Gasteiger partial charge is 0.262 e. The van der Waals surface area contributed by atoms with Crippen molar-refractivity contribution in [3.05, 3.63) is 52.2 Å². The van der Waals surface area contributed by atoms with Gasteiger partial charge in [-0.3, -0.25) is 4.79 Å². The van der Waals surface area contributed by atoms with Crippen molar-refractivity contribution in [1.29, 1.82) is 5.26 Å². The first-order chi connectivity index (χ1) is 12.2. The Morgan fingerprint density at radius 2 is 2.28 bits per heavy atom. The molecule has 1 aliphatic heterocycles. The molecule has 3 rings (SSSR count). The van der Waals surface area contributed by atoms with Crippen molar-refractivity contribution >= 4 is 27.9 Å². The van der Waals surface area contributed by atoms with Gasteiger partial charge in [-0.1, -0.05) is 28.1 Å². The number of benzene rings is 1. The second-order valence-corrected chi connectivity index (χ2v) is 6.64. The maximum absolute atomic E-state index is 12.2. The number of hydrogen-bond donors (Lipinski definition) is 1. The summed E-state index contributed by atoms with van der Waals surface area (Å²) in [4.78, 5) is 12.2. The minimum absolute atomic E-state index is 0.00754. The summed E-state index contributed by atoms with van der Waals surface area (Å²) in [7, 11) is 0. The zero-order chi connectivity index (χ0) is 17.6. The number of nitrogens with one attached hydrogen (secondary N) is 1. The molecule has 1 unspecified atom stereocenters. The molecule has 1 saturated heterocycles. The van der Waals surface area contributed by atoms with E-state index in [-0.39, 0.29) is 11.7 Å². The van der Waals surface area contributed by atoms with Crippen LogP contribution in [0.5, 0.6) is 0 Å². The quantitative estimate of drug-likeness (QED) is 0.609. The van der Waals surface area contributed by atoms with Gasteiger partial charge in [0.25, 0.3) is 5.91 Å². The average Bonchev–Trinajstić information content (AvgIpc) is 3.29. The summed E-state index contributed by atoms with van der Waals surface area (Å²) >= 11 is 3.42.